The zero-order chi connectivity index (χ0) is 20.4. The number of amides is 1. The smallest absolute Gasteiger partial charge is 0.264 e. The van der Waals surface area contributed by atoms with Crippen molar-refractivity contribution in [3.05, 3.63) is 39.9 Å². The quantitative estimate of drug-likeness (QED) is 0.606. The first-order valence-electron chi connectivity index (χ1n) is 8.85. The van der Waals surface area contributed by atoms with Gasteiger partial charge in [-0.25, -0.2) is 18.4 Å². The van der Waals surface area contributed by atoms with Crippen LogP contribution in [0.25, 0.3) is 11.0 Å². The van der Waals surface area contributed by atoms with E-state index in [1.165, 1.54) is 10.7 Å². The third-order valence-electron chi connectivity index (χ3n) is 4.34. The van der Waals surface area contributed by atoms with E-state index in [2.05, 4.69) is 20.5 Å². The fourth-order valence-electron chi connectivity index (χ4n) is 3.07. The molecule has 0 saturated carbocycles. The summed E-state index contributed by atoms with van der Waals surface area (Å²) in [5, 5.41) is 12.2. The van der Waals surface area contributed by atoms with Crippen molar-refractivity contribution in [1.29, 1.82) is 0 Å². The molecule has 1 amide bonds. The summed E-state index contributed by atoms with van der Waals surface area (Å²) < 4.78 is 29.8. The van der Waals surface area contributed by atoms with E-state index in [0.29, 0.717) is 47.0 Å². The van der Waals surface area contributed by atoms with E-state index in [9.17, 15) is 13.6 Å². The lowest BCUT2D eigenvalue weighted by Gasteiger charge is -2.07. The lowest BCUT2D eigenvalue weighted by molar-refractivity contribution is -0.121. The number of hydrogen-bond donors (Lipinski definition) is 1. The molecule has 10 heteroatoms. The van der Waals surface area contributed by atoms with Gasteiger partial charge in [-0.15, -0.1) is 0 Å². The molecule has 0 atom stereocenters. The second kappa shape index (κ2) is 8.22. The van der Waals surface area contributed by atoms with Crippen molar-refractivity contribution in [1.82, 2.24) is 29.9 Å². The van der Waals surface area contributed by atoms with Crippen LogP contribution in [0, 0.1) is 20.8 Å². The number of carbonyl (C=O) groups is 1. The van der Waals surface area contributed by atoms with Gasteiger partial charge in [-0.3, -0.25) is 9.48 Å². The maximum absolute atomic E-state index is 13.3. The number of halogens is 3. The topological polar surface area (TPSA) is 77.6 Å². The van der Waals surface area contributed by atoms with Gasteiger partial charge in [0.2, 0.25) is 5.91 Å². The number of hydrogen-bond acceptors (Lipinski definition) is 4. The molecular weight excluding hydrogens is 390 g/mol. The van der Waals surface area contributed by atoms with Gasteiger partial charge in [0.05, 0.1) is 21.8 Å². The van der Waals surface area contributed by atoms with Gasteiger partial charge in [0.1, 0.15) is 6.54 Å². The average Bonchev–Trinajstić information content (AvgIpc) is 3.10. The summed E-state index contributed by atoms with van der Waals surface area (Å²) in [4.78, 5) is 16.5. The second-order valence-electron chi connectivity index (χ2n) is 6.62. The Morgan fingerprint density at radius 2 is 2.00 bits per heavy atom. The molecule has 7 nitrogen and oxygen atoms in total. The van der Waals surface area contributed by atoms with E-state index in [1.807, 2.05) is 6.92 Å². The largest absolute Gasteiger partial charge is 0.354 e. The molecular formula is C18H21ClF2N6O. The third-order valence-corrected chi connectivity index (χ3v) is 4.71. The lowest BCUT2D eigenvalue weighted by atomic mass is 10.1. The SMILES string of the molecule is Cc1cc(C(F)F)c2c(C)nn(CC(=O)NCCCn3cc(Cl)c(C)n3)c2n1. The van der Waals surface area contributed by atoms with Crippen molar-refractivity contribution in [2.75, 3.05) is 6.54 Å². The van der Waals surface area contributed by atoms with Crippen molar-refractivity contribution in [3.8, 4) is 0 Å². The molecule has 1 N–H and O–H groups in total. The Labute approximate surface area is 165 Å². The van der Waals surface area contributed by atoms with Gasteiger partial charge in [0.25, 0.3) is 6.43 Å². The first-order valence-corrected chi connectivity index (χ1v) is 9.23. The van der Waals surface area contributed by atoms with Crippen molar-refractivity contribution < 1.29 is 13.6 Å². The summed E-state index contributed by atoms with van der Waals surface area (Å²) >= 11 is 5.96. The summed E-state index contributed by atoms with van der Waals surface area (Å²) in [5.41, 5.74) is 1.83. The first-order chi connectivity index (χ1) is 13.3. The molecule has 3 rings (SSSR count). The van der Waals surface area contributed by atoms with Crippen molar-refractivity contribution in [2.24, 2.45) is 0 Å². The summed E-state index contributed by atoms with van der Waals surface area (Å²) in [6.45, 7) is 6.08. The molecule has 0 radical (unpaired) electrons. The zero-order valence-corrected chi connectivity index (χ0v) is 16.6. The van der Waals surface area contributed by atoms with Crippen LogP contribution in [0.2, 0.25) is 5.02 Å². The fraction of sp³-hybridized carbons (Fsp3) is 0.444. The lowest BCUT2D eigenvalue weighted by Crippen LogP contribution is -2.29. The molecule has 0 aliphatic heterocycles. The number of aromatic nitrogens is 5. The molecule has 0 spiro atoms. The molecule has 3 aromatic heterocycles. The molecule has 0 saturated heterocycles. The number of pyridine rings is 1. The van der Waals surface area contributed by atoms with Crippen LogP contribution in [-0.4, -0.2) is 37.0 Å². The van der Waals surface area contributed by atoms with Gasteiger partial charge in [-0.05, 0) is 33.3 Å². The maximum atomic E-state index is 13.3. The van der Waals surface area contributed by atoms with E-state index in [4.69, 9.17) is 11.6 Å². The van der Waals surface area contributed by atoms with Crippen LogP contribution in [0.5, 0.6) is 0 Å². The highest BCUT2D eigenvalue weighted by Gasteiger charge is 2.20. The highest BCUT2D eigenvalue weighted by Crippen LogP contribution is 2.29. The Morgan fingerprint density at radius 3 is 2.64 bits per heavy atom. The van der Waals surface area contributed by atoms with Gasteiger partial charge in [0, 0.05) is 30.5 Å². The minimum atomic E-state index is -2.63. The summed E-state index contributed by atoms with van der Waals surface area (Å²) in [6.07, 6.45) is -0.213. The molecule has 28 heavy (non-hydrogen) atoms. The number of carbonyl (C=O) groups excluding carboxylic acids is 1. The molecule has 0 unspecified atom stereocenters. The van der Waals surface area contributed by atoms with Crippen LogP contribution < -0.4 is 5.32 Å². The summed E-state index contributed by atoms with van der Waals surface area (Å²) in [7, 11) is 0. The van der Waals surface area contributed by atoms with Crippen LogP contribution in [0.1, 0.15) is 35.5 Å². The highest BCUT2D eigenvalue weighted by molar-refractivity contribution is 6.31. The van der Waals surface area contributed by atoms with E-state index < -0.39 is 6.43 Å². The number of rotatable bonds is 7. The van der Waals surface area contributed by atoms with E-state index >= 15 is 0 Å². The van der Waals surface area contributed by atoms with Gasteiger partial charge >= 0.3 is 0 Å². The molecule has 150 valence electrons. The minimum absolute atomic E-state index is 0.0871. The third kappa shape index (κ3) is 4.30. The number of aryl methyl sites for hydroxylation is 4. The Balaban J connectivity index is 1.63. The van der Waals surface area contributed by atoms with E-state index in [-0.39, 0.29) is 18.0 Å². The number of fused-ring (bicyclic) bond motifs is 1. The minimum Gasteiger partial charge on any atom is -0.354 e. The predicted octanol–water partition coefficient (Wildman–Crippen LogP) is 3.35. The molecule has 0 aromatic carbocycles. The molecule has 0 aliphatic carbocycles. The predicted molar refractivity (Wildman–Crippen MR) is 102 cm³/mol. The highest BCUT2D eigenvalue weighted by atomic mass is 35.5. The van der Waals surface area contributed by atoms with E-state index in [0.717, 1.165) is 5.69 Å². The fourth-order valence-corrected chi connectivity index (χ4v) is 3.22. The normalized spacial score (nSPS) is 11.5. The first kappa shape index (κ1) is 20.2. The average molecular weight is 411 g/mol. The second-order valence-corrected chi connectivity index (χ2v) is 7.03. The van der Waals surface area contributed by atoms with Crippen LogP contribution in [0.3, 0.4) is 0 Å². The van der Waals surface area contributed by atoms with Crippen LogP contribution in [0.4, 0.5) is 8.78 Å². The van der Waals surface area contributed by atoms with Crippen LogP contribution in [-0.2, 0) is 17.9 Å². The number of alkyl halides is 2. The maximum Gasteiger partial charge on any atom is 0.264 e. The number of nitrogens with one attached hydrogen (secondary N) is 1. The van der Waals surface area contributed by atoms with Crippen molar-refractivity contribution >= 4 is 28.5 Å². The van der Waals surface area contributed by atoms with Crippen molar-refractivity contribution in [3.63, 3.8) is 0 Å². The Kier molecular flexibility index (Phi) is 5.93. The number of nitrogens with zero attached hydrogens (tertiary/aromatic N) is 5. The molecule has 0 bridgehead atoms. The summed E-state index contributed by atoms with van der Waals surface area (Å²) in [6, 6.07) is 1.36. The standard InChI is InChI=1S/C18H21ClF2N6O/c1-10-7-13(17(20)21)16-12(3)25-27(18(16)23-10)9-15(28)22-5-4-6-26-8-14(19)11(2)24-26/h7-8,17H,4-6,9H2,1-3H3,(H,22,28). The summed E-state index contributed by atoms with van der Waals surface area (Å²) in [5.74, 6) is -0.263. The van der Waals surface area contributed by atoms with Crippen LogP contribution in [0.15, 0.2) is 12.3 Å². The molecule has 0 fully saturated rings. The Bertz CT molecular complexity index is 994. The van der Waals surface area contributed by atoms with Gasteiger partial charge in [-0.2, -0.15) is 10.2 Å². The Hall–Kier alpha value is -2.55. The monoisotopic (exact) mass is 410 g/mol. The Morgan fingerprint density at radius 1 is 1.25 bits per heavy atom. The zero-order valence-electron chi connectivity index (χ0n) is 15.8. The van der Waals surface area contributed by atoms with Gasteiger partial charge < -0.3 is 5.32 Å². The van der Waals surface area contributed by atoms with Crippen molar-refractivity contribution in [2.45, 2.75) is 46.7 Å². The van der Waals surface area contributed by atoms with Gasteiger partial charge in [0.15, 0.2) is 5.65 Å². The van der Waals surface area contributed by atoms with E-state index in [1.54, 1.807) is 24.7 Å². The molecule has 3 heterocycles. The van der Waals surface area contributed by atoms with Crippen LogP contribution >= 0.6 is 11.6 Å². The molecule has 0 aliphatic rings. The van der Waals surface area contributed by atoms with Gasteiger partial charge in [-0.1, -0.05) is 11.6 Å². The molecule has 3 aromatic rings.